The van der Waals surface area contributed by atoms with Gasteiger partial charge < -0.3 is 5.32 Å². The van der Waals surface area contributed by atoms with Crippen LogP contribution in [0.3, 0.4) is 0 Å². The van der Waals surface area contributed by atoms with Crippen molar-refractivity contribution in [3.63, 3.8) is 0 Å². The maximum Gasteiger partial charge on any atom is 0.228 e. The summed E-state index contributed by atoms with van der Waals surface area (Å²) in [6.45, 7) is 1.80. The highest BCUT2D eigenvalue weighted by Gasteiger charge is 2.10. The van der Waals surface area contributed by atoms with E-state index in [4.69, 9.17) is 11.6 Å². The standard InChI is InChI=1S/C10H12ClNO/c1-8(7-11)10(13)12-9-5-3-2-4-6-9/h2-6,8H,7H2,1H3,(H,12,13)/t8-/m0/s1. The van der Waals surface area contributed by atoms with Crippen molar-refractivity contribution < 1.29 is 4.79 Å². The highest BCUT2D eigenvalue weighted by Crippen LogP contribution is 2.08. The number of benzene rings is 1. The summed E-state index contributed by atoms with van der Waals surface area (Å²) >= 11 is 5.55. The summed E-state index contributed by atoms with van der Waals surface area (Å²) in [5, 5.41) is 2.77. The molecule has 0 aliphatic heterocycles. The second-order valence-electron chi connectivity index (χ2n) is 2.91. The summed E-state index contributed by atoms with van der Waals surface area (Å²) in [7, 11) is 0. The molecule has 0 aromatic heterocycles. The first-order valence-electron chi connectivity index (χ1n) is 4.16. The molecular weight excluding hydrogens is 186 g/mol. The predicted octanol–water partition coefficient (Wildman–Crippen LogP) is 2.50. The van der Waals surface area contributed by atoms with E-state index in [0.717, 1.165) is 5.69 Å². The van der Waals surface area contributed by atoms with Crippen molar-refractivity contribution in [2.45, 2.75) is 6.92 Å². The number of para-hydroxylation sites is 1. The zero-order valence-electron chi connectivity index (χ0n) is 7.46. The van der Waals surface area contributed by atoms with Crippen molar-refractivity contribution >= 4 is 23.2 Å². The average Bonchev–Trinajstić information content (AvgIpc) is 2.18. The molecule has 1 rings (SSSR count). The van der Waals surface area contributed by atoms with Gasteiger partial charge in [-0.05, 0) is 12.1 Å². The Morgan fingerprint density at radius 2 is 2.08 bits per heavy atom. The highest BCUT2D eigenvalue weighted by molar-refractivity contribution is 6.19. The van der Waals surface area contributed by atoms with E-state index >= 15 is 0 Å². The van der Waals surface area contributed by atoms with E-state index in [1.54, 1.807) is 6.92 Å². The molecule has 0 spiro atoms. The average molecular weight is 198 g/mol. The zero-order chi connectivity index (χ0) is 9.68. The minimum Gasteiger partial charge on any atom is -0.326 e. The Bertz CT molecular complexity index is 274. The normalized spacial score (nSPS) is 12.2. The minimum absolute atomic E-state index is 0.0406. The van der Waals surface area contributed by atoms with Crippen molar-refractivity contribution in [1.82, 2.24) is 0 Å². The molecule has 1 aromatic carbocycles. The molecule has 3 heteroatoms. The number of amides is 1. The van der Waals surface area contributed by atoms with E-state index in [-0.39, 0.29) is 11.8 Å². The molecule has 0 unspecified atom stereocenters. The van der Waals surface area contributed by atoms with Gasteiger partial charge in [-0.2, -0.15) is 0 Å². The molecule has 0 bridgehead atoms. The molecule has 0 heterocycles. The largest absolute Gasteiger partial charge is 0.326 e. The first kappa shape index (κ1) is 10.1. The van der Waals surface area contributed by atoms with Crippen molar-refractivity contribution in [2.75, 3.05) is 11.2 Å². The van der Waals surface area contributed by atoms with Gasteiger partial charge >= 0.3 is 0 Å². The molecule has 70 valence electrons. The van der Waals surface area contributed by atoms with Crippen molar-refractivity contribution in [3.05, 3.63) is 30.3 Å². The number of alkyl halides is 1. The fraction of sp³-hybridized carbons (Fsp3) is 0.300. The van der Waals surface area contributed by atoms with Crippen LogP contribution in [0, 0.1) is 5.92 Å². The molecule has 0 aliphatic carbocycles. The number of halogens is 1. The van der Waals surface area contributed by atoms with Crippen molar-refractivity contribution in [2.24, 2.45) is 5.92 Å². The SMILES string of the molecule is C[C@@H](CCl)C(=O)Nc1ccccc1. The van der Waals surface area contributed by atoms with Gasteiger partial charge in [0.05, 0.1) is 0 Å². The third kappa shape index (κ3) is 3.07. The monoisotopic (exact) mass is 197 g/mol. The second kappa shape index (κ2) is 4.87. The third-order valence-corrected chi connectivity index (χ3v) is 2.18. The number of hydrogen-bond acceptors (Lipinski definition) is 1. The maximum absolute atomic E-state index is 11.3. The Morgan fingerprint density at radius 1 is 1.46 bits per heavy atom. The van der Waals surface area contributed by atoms with E-state index < -0.39 is 0 Å². The van der Waals surface area contributed by atoms with Crippen LogP contribution in [0.5, 0.6) is 0 Å². The van der Waals surface area contributed by atoms with Crippen LogP contribution in [-0.4, -0.2) is 11.8 Å². The molecule has 13 heavy (non-hydrogen) atoms. The van der Waals surface area contributed by atoms with E-state index in [2.05, 4.69) is 5.32 Å². The Balaban J connectivity index is 2.55. The molecule has 1 aromatic rings. The van der Waals surface area contributed by atoms with Gasteiger partial charge in [-0.25, -0.2) is 0 Å². The van der Waals surface area contributed by atoms with Crippen molar-refractivity contribution in [3.8, 4) is 0 Å². The number of anilines is 1. The number of carbonyl (C=O) groups excluding carboxylic acids is 1. The predicted molar refractivity (Wildman–Crippen MR) is 55.0 cm³/mol. The van der Waals surface area contributed by atoms with E-state index in [1.807, 2.05) is 30.3 Å². The van der Waals surface area contributed by atoms with E-state index in [9.17, 15) is 4.79 Å². The first-order valence-corrected chi connectivity index (χ1v) is 4.69. The van der Waals surface area contributed by atoms with Crippen molar-refractivity contribution in [1.29, 1.82) is 0 Å². The smallest absolute Gasteiger partial charge is 0.228 e. The van der Waals surface area contributed by atoms with Gasteiger partial charge in [0.1, 0.15) is 0 Å². The number of nitrogens with one attached hydrogen (secondary N) is 1. The molecule has 0 fully saturated rings. The number of rotatable bonds is 3. The van der Waals surface area contributed by atoms with Crippen LogP contribution in [0.15, 0.2) is 30.3 Å². The van der Waals surface area contributed by atoms with Gasteiger partial charge in [0.2, 0.25) is 5.91 Å². The highest BCUT2D eigenvalue weighted by atomic mass is 35.5. The molecule has 2 nitrogen and oxygen atoms in total. The Hall–Kier alpha value is -1.02. The maximum atomic E-state index is 11.3. The van der Waals surface area contributed by atoms with Gasteiger partial charge in [-0.15, -0.1) is 11.6 Å². The molecule has 1 atom stereocenters. The van der Waals surface area contributed by atoms with Crippen LogP contribution in [0.4, 0.5) is 5.69 Å². The molecule has 0 saturated carbocycles. The quantitative estimate of drug-likeness (QED) is 0.742. The fourth-order valence-corrected chi connectivity index (χ4v) is 0.997. The fourth-order valence-electron chi connectivity index (χ4n) is 0.857. The molecule has 1 N–H and O–H groups in total. The Morgan fingerprint density at radius 3 is 2.62 bits per heavy atom. The van der Waals surface area contributed by atoms with Crippen LogP contribution in [0.2, 0.25) is 0 Å². The summed E-state index contributed by atoms with van der Waals surface area (Å²) in [6.07, 6.45) is 0. The second-order valence-corrected chi connectivity index (χ2v) is 3.22. The molecular formula is C10H12ClNO. The molecule has 0 radical (unpaired) electrons. The van der Waals surface area contributed by atoms with Gasteiger partial charge in [0, 0.05) is 17.5 Å². The lowest BCUT2D eigenvalue weighted by molar-refractivity contribution is -0.118. The summed E-state index contributed by atoms with van der Waals surface area (Å²) in [5.41, 5.74) is 0.810. The van der Waals surface area contributed by atoms with Gasteiger partial charge in [-0.3, -0.25) is 4.79 Å². The van der Waals surface area contributed by atoms with E-state index in [1.165, 1.54) is 0 Å². The first-order chi connectivity index (χ1) is 6.24. The molecule has 0 saturated heterocycles. The van der Waals surface area contributed by atoms with Crippen LogP contribution in [0.25, 0.3) is 0 Å². The van der Waals surface area contributed by atoms with Gasteiger partial charge in [-0.1, -0.05) is 25.1 Å². The van der Waals surface area contributed by atoms with E-state index in [0.29, 0.717) is 5.88 Å². The summed E-state index contributed by atoms with van der Waals surface area (Å²) < 4.78 is 0. The van der Waals surface area contributed by atoms with Crippen LogP contribution >= 0.6 is 11.6 Å². The Labute approximate surface area is 82.9 Å². The number of carbonyl (C=O) groups is 1. The molecule has 1 amide bonds. The van der Waals surface area contributed by atoms with Gasteiger partial charge in [0.25, 0.3) is 0 Å². The topological polar surface area (TPSA) is 29.1 Å². The summed E-state index contributed by atoms with van der Waals surface area (Å²) in [4.78, 5) is 11.3. The lowest BCUT2D eigenvalue weighted by Crippen LogP contribution is -2.21. The summed E-state index contributed by atoms with van der Waals surface area (Å²) in [5.74, 6) is 0.154. The molecule has 0 aliphatic rings. The van der Waals surface area contributed by atoms with Crippen LogP contribution < -0.4 is 5.32 Å². The lowest BCUT2D eigenvalue weighted by atomic mass is 10.2. The summed E-state index contributed by atoms with van der Waals surface area (Å²) in [6, 6.07) is 9.35. The number of hydrogen-bond donors (Lipinski definition) is 1. The Kier molecular flexibility index (Phi) is 3.77. The lowest BCUT2D eigenvalue weighted by Gasteiger charge is -2.08. The minimum atomic E-state index is -0.151. The van der Waals surface area contributed by atoms with Crippen LogP contribution in [-0.2, 0) is 4.79 Å². The zero-order valence-corrected chi connectivity index (χ0v) is 8.21. The van der Waals surface area contributed by atoms with Crippen LogP contribution in [0.1, 0.15) is 6.92 Å². The van der Waals surface area contributed by atoms with Gasteiger partial charge in [0.15, 0.2) is 0 Å². The third-order valence-electron chi connectivity index (χ3n) is 1.72.